The van der Waals surface area contributed by atoms with Gasteiger partial charge in [-0.2, -0.15) is 0 Å². The van der Waals surface area contributed by atoms with E-state index in [0.717, 1.165) is 12.1 Å². The van der Waals surface area contributed by atoms with Gasteiger partial charge in [0, 0.05) is 12.2 Å². The number of benzene rings is 1. The maximum absolute atomic E-state index is 12.5. The molecule has 3 nitrogen and oxygen atoms in total. The fourth-order valence-corrected chi connectivity index (χ4v) is 1.08. The molecule has 15 heavy (non-hydrogen) atoms. The van der Waals surface area contributed by atoms with Crippen LogP contribution in [0.25, 0.3) is 0 Å². The number of hydrogen-bond donors (Lipinski definition) is 2. The van der Waals surface area contributed by atoms with Gasteiger partial charge in [0.15, 0.2) is 0 Å². The summed E-state index contributed by atoms with van der Waals surface area (Å²) in [4.78, 5) is 11.2. The van der Waals surface area contributed by atoms with Crippen LogP contribution in [0.1, 0.15) is 13.3 Å². The number of amides is 1. The minimum Gasteiger partial charge on any atom is -0.376 e. The van der Waals surface area contributed by atoms with Crippen LogP contribution in [0.15, 0.2) is 24.3 Å². The molecule has 0 aliphatic carbocycles. The highest BCUT2D eigenvalue weighted by Gasteiger charge is 1.99. The second-order valence-electron chi connectivity index (χ2n) is 3.21. The van der Waals surface area contributed by atoms with Crippen molar-refractivity contribution in [3.63, 3.8) is 0 Å². The number of anilines is 1. The first kappa shape index (κ1) is 11.5. The molecule has 0 radical (unpaired) electrons. The molecule has 0 heterocycles. The predicted octanol–water partition coefficient (Wildman–Crippen LogP) is 1.76. The minimum absolute atomic E-state index is 0.0545. The van der Waals surface area contributed by atoms with Crippen LogP contribution >= 0.6 is 0 Å². The van der Waals surface area contributed by atoms with Crippen LogP contribution in [-0.2, 0) is 4.79 Å². The quantitative estimate of drug-likeness (QED) is 0.777. The van der Waals surface area contributed by atoms with Gasteiger partial charge in [-0.3, -0.25) is 4.79 Å². The zero-order chi connectivity index (χ0) is 11.1. The summed E-state index contributed by atoms with van der Waals surface area (Å²) in [6, 6.07) is 5.91. The molecule has 0 atom stereocenters. The number of halogens is 1. The van der Waals surface area contributed by atoms with Crippen molar-refractivity contribution in [2.45, 2.75) is 13.3 Å². The lowest BCUT2D eigenvalue weighted by atomic mass is 10.3. The molecule has 0 aliphatic rings. The highest BCUT2D eigenvalue weighted by atomic mass is 19.1. The molecule has 4 heteroatoms. The van der Waals surface area contributed by atoms with E-state index < -0.39 is 0 Å². The monoisotopic (exact) mass is 210 g/mol. The Labute approximate surface area is 88.7 Å². The largest absolute Gasteiger partial charge is 0.376 e. The fraction of sp³-hybridized carbons (Fsp3) is 0.364. The Hall–Kier alpha value is -1.58. The predicted molar refractivity (Wildman–Crippen MR) is 58.2 cm³/mol. The highest BCUT2D eigenvalue weighted by Crippen LogP contribution is 2.07. The van der Waals surface area contributed by atoms with E-state index in [2.05, 4.69) is 10.6 Å². The van der Waals surface area contributed by atoms with E-state index in [1.54, 1.807) is 12.1 Å². The van der Waals surface area contributed by atoms with Gasteiger partial charge in [0.05, 0.1) is 6.54 Å². The minimum atomic E-state index is -0.281. The van der Waals surface area contributed by atoms with Crippen molar-refractivity contribution in [1.29, 1.82) is 0 Å². The number of nitrogens with one attached hydrogen (secondary N) is 2. The first-order valence-corrected chi connectivity index (χ1v) is 4.98. The van der Waals surface area contributed by atoms with E-state index >= 15 is 0 Å². The van der Waals surface area contributed by atoms with E-state index in [1.807, 2.05) is 6.92 Å². The summed E-state index contributed by atoms with van der Waals surface area (Å²) in [7, 11) is 0. The molecule has 0 aromatic heterocycles. The van der Waals surface area contributed by atoms with Crippen LogP contribution in [0.5, 0.6) is 0 Å². The van der Waals surface area contributed by atoms with Crippen molar-refractivity contribution in [3.05, 3.63) is 30.1 Å². The summed E-state index contributed by atoms with van der Waals surface area (Å²) in [5.41, 5.74) is 0.739. The molecule has 1 rings (SSSR count). The second kappa shape index (κ2) is 6.01. The van der Waals surface area contributed by atoms with Crippen molar-refractivity contribution in [2.75, 3.05) is 18.4 Å². The van der Waals surface area contributed by atoms with Crippen LogP contribution < -0.4 is 10.6 Å². The molecule has 0 saturated carbocycles. The number of carbonyl (C=O) groups excluding carboxylic acids is 1. The Morgan fingerprint density at radius 1 is 1.33 bits per heavy atom. The zero-order valence-corrected chi connectivity index (χ0v) is 8.72. The van der Waals surface area contributed by atoms with E-state index in [0.29, 0.717) is 6.54 Å². The standard InChI is InChI=1S/C11H15FN2O/c1-2-7-13-11(15)8-14-10-5-3-9(12)4-6-10/h3-6,14H,2,7-8H2,1H3,(H,13,15). The van der Waals surface area contributed by atoms with Crippen LogP contribution in [0, 0.1) is 5.82 Å². The van der Waals surface area contributed by atoms with E-state index in [9.17, 15) is 9.18 Å². The van der Waals surface area contributed by atoms with Crippen LogP contribution in [0.3, 0.4) is 0 Å². The molecule has 1 amide bonds. The topological polar surface area (TPSA) is 41.1 Å². The van der Waals surface area contributed by atoms with Gasteiger partial charge >= 0.3 is 0 Å². The van der Waals surface area contributed by atoms with Gasteiger partial charge in [-0.1, -0.05) is 6.92 Å². The summed E-state index contributed by atoms with van der Waals surface area (Å²) in [5, 5.41) is 5.64. The van der Waals surface area contributed by atoms with Crippen LogP contribution in [0.2, 0.25) is 0 Å². The molecule has 1 aromatic carbocycles. The molecule has 1 aromatic rings. The smallest absolute Gasteiger partial charge is 0.239 e. The van der Waals surface area contributed by atoms with E-state index in [1.165, 1.54) is 12.1 Å². The Morgan fingerprint density at radius 3 is 2.60 bits per heavy atom. The zero-order valence-electron chi connectivity index (χ0n) is 8.72. The molecule has 0 saturated heterocycles. The van der Waals surface area contributed by atoms with Crippen molar-refractivity contribution < 1.29 is 9.18 Å². The summed E-state index contributed by atoms with van der Waals surface area (Å²) in [6.45, 7) is 2.89. The molecule has 2 N–H and O–H groups in total. The molecule has 0 unspecified atom stereocenters. The molecule has 0 spiro atoms. The Bertz CT molecular complexity index is 311. The third kappa shape index (κ3) is 4.44. The fourth-order valence-electron chi connectivity index (χ4n) is 1.08. The third-order valence-electron chi connectivity index (χ3n) is 1.87. The number of carbonyl (C=O) groups is 1. The summed E-state index contributed by atoms with van der Waals surface area (Å²) >= 11 is 0. The van der Waals surface area contributed by atoms with Crippen molar-refractivity contribution in [1.82, 2.24) is 5.32 Å². The molecular weight excluding hydrogens is 195 g/mol. The lowest BCUT2D eigenvalue weighted by molar-refractivity contribution is -0.119. The average Bonchev–Trinajstić information content (AvgIpc) is 2.25. The molecule has 82 valence electrons. The van der Waals surface area contributed by atoms with Crippen LogP contribution in [-0.4, -0.2) is 19.0 Å². The van der Waals surface area contributed by atoms with Gasteiger partial charge in [0.1, 0.15) is 5.82 Å². The van der Waals surface area contributed by atoms with Crippen molar-refractivity contribution in [2.24, 2.45) is 0 Å². The van der Waals surface area contributed by atoms with E-state index in [4.69, 9.17) is 0 Å². The second-order valence-corrected chi connectivity index (χ2v) is 3.21. The summed E-state index contributed by atoms with van der Waals surface area (Å²) in [6.07, 6.45) is 0.919. The van der Waals surface area contributed by atoms with Gasteiger partial charge in [-0.25, -0.2) is 4.39 Å². The first-order valence-electron chi connectivity index (χ1n) is 4.98. The Morgan fingerprint density at radius 2 is 2.00 bits per heavy atom. The third-order valence-corrected chi connectivity index (χ3v) is 1.87. The van der Waals surface area contributed by atoms with Gasteiger partial charge in [-0.15, -0.1) is 0 Å². The lowest BCUT2D eigenvalue weighted by Gasteiger charge is -2.06. The summed E-state index contributed by atoms with van der Waals surface area (Å²) in [5.74, 6) is -0.336. The summed E-state index contributed by atoms with van der Waals surface area (Å²) < 4.78 is 12.5. The molecule has 0 fully saturated rings. The van der Waals surface area contributed by atoms with E-state index in [-0.39, 0.29) is 18.3 Å². The normalized spacial score (nSPS) is 9.73. The van der Waals surface area contributed by atoms with Gasteiger partial charge in [0.25, 0.3) is 0 Å². The lowest BCUT2D eigenvalue weighted by Crippen LogP contribution is -2.30. The van der Waals surface area contributed by atoms with Gasteiger partial charge in [0.2, 0.25) is 5.91 Å². The molecule has 0 bridgehead atoms. The van der Waals surface area contributed by atoms with Crippen LogP contribution in [0.4, 0.5) is 10.1 Å². The Balaban J connectivity index is 2.30. The van der Waals surface area contributed by atoms with Crippen molar-refractivity contribution >= 4 is 11.6 Å². The highest BCUT2D eigenvalue weighted by molar-refractivity contribution is 5.80. The maximum Gasteiger partial charge on any atom is 0.239 e. The Kier molecular flexibility index (Phi) is 4.60. The van der Waals surface area contributed by atoms with Crippen molar-refractivity contribution in [3.8, 4) is 0 Å². The molecular formula is C11H15FN2O. The SMILES string of the molecule is CCCNC(=O)CNc1ccc(F)cc1. The number of rotatable bonds is 5. The number of hydrogen-bond acceptors (Lipinski definition) is 2. The average molecular weight is 210 g/mol. The molecule has 0 aliphatic heterocycles. The van der Waals surface area contributed by atoms with Gasteiger partial charge in [-0.05, 0) is 30.7 Å². The first-order chi connectivity index (χ1) is 7.22. The van der Waals surface area contributed by atoms with Gasteiger partial charge < -0.3 is 10.6 Å². The maximum atomic E-state index is 12.5.